The van der Waals surface area contributed by atoms with Crippen molar-refractivity contribution < 1.29 is 36.7 Å². The van der Waals surface area contributed by atoms with Crippen LogP contribution in [0.5, 0.6) is 5.75 Å². The second-order valence-corrected chi connectivity index (χ2v) is 48.7. The van der Waals surface area contributed by atoms with E-state index in [1.54, 1.807) is 7.11 Å². The summed E-state index contributed by atoms with van der Waals surface area (Å²) in [4.78, 5) is 0. The lowest BCUT2D eigenvalue weighted by atomic mass is 9.89. The summed E-state index contributed by atoms with van der Waals surface area (Å²) in [6, 6.07) is 34.4. The Hall–Kier alpha value is -2.88. The van der Waals surface area contributed by atoms with Crippen LogP contribution in [0.1, 0.15) is 116 Å². The van der Waals surface area contributed by atoms with Gasteiger partial charge in [0.1, 0.15) is 23.6 Å². The zero-order valence-corrected chi connectivity index (χ0v) is 55.1. The second-order valence-electron chi connectivity index (χ2n) is 25.4. The van der Waals surface area contributed by atoms with Crippen molar-refractivity contribution in [3.05, 3.63) is 102 Å². The summed E-state index contributed by atoms with van der Waals surface area (Å²) < 4.78 is 51.3. The molecular formula is C62H98O8Si5. The van der Waals surface area contributed by atoms with Gasteiger partial charge in [0.2, 0.25) is 0 Å². The Balaban J connectivity index is 1.93. The Morgan fingerprint density at radius 3 is 1.52 bits per heavy atom. The van der Waals surface area contributed by atoms with Gasteiger partial charge in [-0.15, -0.1) is 0 Å². The van der Waals surface area contributed by atoms with E-state index in [0.717, 1.165) is 63.5 Å². The van der Waals surface area contributed by atoms with E-state index in [-0.39, 0.29) is 34.4 Å². The lowest BCUT2D eigenvalue weighted by molar-refractivity contribution is -0.131. The van der Waals surface area contributed by atoms with Gasteiger partial charge in [-0.2, -0.15) is 0 Å². The van der Waals surface area contributed by atoms with Crippen molar-refractivity contribution in [1.82, 2.24) is 0 Å². The monoisotopic (exact) mass is 1110 g/mol. The van der Waals surface area contributed by atoms with Crippen LogP contribution in [0.25, 0.3) is 0 Å². The molecule has 0 aliphatic heterocycles. The van der Waals surface area contributed by atoms with E-state index in [2.05, 4.69) is 220 Å². The maximum atomic E-state index is 14.4. The van der Waals surface area contributed by atoms with Gasteiger partial charge in [-0.25, -0.2) is 0 Å². The third kappa shape index (κ3) is 13.6. The number of hydrogen-bond acceptors (Lipinski definition) is 8. The van der Waals surface area contributed by atoms with Crippen molar-refractivity contribution in [3.63, 3.8) is 0 Å². The van der Waals surface area contributed by atoms with Crippen LogP contribution in [-0.4, -0.2) is 96.0 Å². The van der Waals surface area contributed by atoms with E-state index >= 15 is 0 Å². The molecule has 0 amide bonds. The summed E-state index contributed by atoms with van der Waals surface area (Å²) in [6.45, 7) is 43.3. The van der Waals surface area contributed by atoms with Gasteiger partial charge in [0.05, 0.1) is 26.4 Å². The van der Waals surface area contributed by atoms with Crippen LogP contribution < -0.4 is 15.1 Å². The summed E-state index contributed by atoms with van der Waals surface area (Å²) in [7, 11) is -11.5. The van der Waals surface area contributed by atoms with Gasteiger partial charge in [-0.1, -0.05) is 200 Å². The van der Waals surface area contributed by atoms with Crippen molar-refractivity contribution in [2.24, 2.45) is 0 Å². The molecular weight excluding hydrogens is 1010 g/mol. The number of fused-ring (bicyclic) bond motifs is 1. The van der Waals surface area contributed by atoms with Crippen LogP contribution >= 0.6 is 0 Å². The minimum Gasteiger partial charge on any atom is -0.497 e. The standard InChI is InChI=1S/C62H98O8Si5/c1-21-73(22-2,23-3)68-55-41-42-56(69-74(24-4,25-5)26-6)62(70-72(19,20)59(10,11)12)46-52(67-71(17,18)58(7,8)9)45-50(62)43-44-61(55,63)57(65-47-49-37-39-51(64-16)40-38-49)48-66-75(60(13,14)15,53-33-29-27-30-34-53)54-35-31-28-32-36-54/h27-40,45,52,55-57,63H,21-26,46-48H2,1-20H3/t52-,55-,56+,57+,61+,62-/m1/s1. The summed E-state index contributed by atoms with van der Waals surface area (Å²) >= 11 is 0. The number of benzene rings is 3. The number of rotatable bonds is 24. The predicted molar refractivity (Wildman–Crippen MR) is 326 cm³/mol. The average molecular weight is 1110 g/mol. The molecule has 5 rings (SSSR count). The highest BCUT2D eigenvalue weighted by Crippen LogP contribution is 2.50. The Kier molecular flexibility index (Phi) is 20.7. The summed E-state index contributed by atoms with van der Waals surface area (Å²) in [5.41, 5.74) is -1.49. The normalized spacial score (nSPS) is 22.4. The first kappa shape index (κ1) is 63.0. The third-order valence-electron chi connectivity index (χ3n) is 17.9. The molecule has 0 saturated carbocycles. The molecule has 0 heterocycles. The first-order valence-corrected chi connectivity index (χ1v) is 41.0. The van der Waals surface area contributed by atoms with E-state index in [1.807, 2.05) is 24.3 Å². The van der Waals surface area contributed by atoms with Crippen molar-refractivity contribution in [2.45, 2.75) is 230 Å². The SMILES string of the molecule is CC[Si](CC)(CC)O[C@H]1C#C[C@@H](O[Si](CC)(CC)CC)[C@](O)([C@H](CO[Si](c2ccccc2)(c2ccccc2)C(C)(C)C)OCc2ccc(OC)cc2)C#CC2=C[C@@H](O[Si](C)(C)C(C)(C)C)C[C@@]21O[Si](C)(C)C(C)(C)C. The van der Waals surface area contributed by atoms with E-state index in [1.165, 1.54) is 0 Å². The van der Waals surface area contributed by atoms with E-state index in [4.69, 9.17) is 31.6 Å². The van der Waals surface area contributed by atoms with Gasteiger partial charge in [0.25, 0.3) is 8.32 Å². The second kappa shape index (κ2) is 24.6. The minimum atomic E-state index is -3.21. The fourth-order valence-corrected chi connectivity index (χ4v) is 23.2. The highest BCUT2D eigenvalue weighted by molar-refractivity contribution is 6.99. The molecule has 3 aromatic rings. The molecule has 3 aromatic carbocycles. The van der Waals surface area contributed by atoms with E-state index in [0.29, 0.717) is 6.42 Å². The molecule has 0 fully saturated rings. The quantitative estimate of drug-likeness (QED) is 0.0702. The Morgan fingerprint density at radius 1 is 0.613 bits per heavy atom. The van der Waals surface area contributed by atoms with Gasteiger partial charge in [0, 0.05) is 12.0 Å². The van der Waals surface area contributed by atoms with Crippen molar-refractivity contribution in [3.8, 4) is 29.4 Å². The number of ether oxygens (including phenoxy) is 2. The highest BCUT2D eigenvalue weighted by Gasteiger charge is 2.59. The molecule has 414 valence electrons. The molecule has 2 aliphatic rings. The lowest BCUT2D eigenvalue weighted by Gasteiger charge is -2.49. The van der Waals surface area contributed by atoms with Gasteiger partial charge in [-0.05, 0) is 112 Å². The number of methoxy groups -OCH3 is 1. The third-order valence-corrected chi connectivity index (χ3v) is 41.1. The zero-order valence-electron chi connectivity index (χ0n) is 50.1. The molecule has 75 heavy (non-hydrogen) atoms. The first-order valence-electron chi connectivity index (χ1n) is 28.2. The van der Waals surface area contributed by atoms with Crippen LogP contribution in [-0.2, 0) is 33.5 Å². The van der Waals surface area contributed by atoms with Gasteiger partial charge >= 0.3 is 0 Å². The van der Waals surface area contributed by atoms with Gasteiger partial charge in [-0.3, -0.25) is 0 Å². The van der Waals surface area contributed by atoms with Crippen LogP contribution in [0.2, 0.25) is 77.6 Å². The molecule has 0 bridgehead atoms. The highest BCUT2D eigenvalue weighted by atomic mass is 28.4. The van der Waals surface area contributed by atoms with Crippen molar-refractivity contribution in [1.29, 1.82) is 0 Å². The Labute approximate surface area is 461 Å². The fourth-order valence-electron chi connectivity index (χ4n) is 10.4. The average Bonchev–Trinajstić information content (AvgIpc) is 3.71. The summed E-state index contributed by atoms with van der Waals surface area (Å²) in [5, 5.41) is 16.1. The molecule has 0 saturated heterocycles. The summed E-state index contributed by atoms with van der Waals surface area (Å²) in [5.74, 6) is 15.7. The molecule has 0 spiro atoms. The largest absolute Gasteiger partial charge is 0.497 e. The molecule has 1 N–H and O–H groups in total. The Bertz CT molecular complexity index is 2410. The van der Waals surface area contributed by atoms with Crippen LogP contribution in [0, 0.1) is 23.7 Å². The number of hydrogen-bond donors (Lipinski definition) is 1. The fraction of sp³-hybridized carbons (Fsp3) is 0.613. The topological polar surface area (TPSA) is 84.8 Å². The number of aliphatic hydroxyl groups is 1. The lowest BCUT2D eigenvalue weighted by Crippen LogP contribution is -2.68. The predicted octanol–water partition coefficient (Wildman–Crippen LogP) is 14.2. The van der Waals surface area contributed by atoms with Crippen molar-refractivity contribution in [2.75, 3.05) is 13.7 Å². The Morgan fingerprint density at radius 2 is 1.08 bits per heavy atom. The zero-order chi connectivity index (χ0) is 55.9. The smallest absolute Gasteiger partial charge is 0.261 e. The van der Waals surface area contributed by atoms with Crippen LogP contribution in [0.4, 0.5) is 0 Å². The molecule has 0 aromatic heterocycles. The first-order chi connectivity index (χ1) is 35.0. The summed E-state index contributed by atoms with van der Waals surface area (Å²) in [6.07, 6.45) is -0.524. The van der Waals surface area contributed by atoms with Crippen LogP contribution in [0.3, 0.4) is 0 Å². The van der Waals surface area contributed by atoms with E-state index < -0.39 is 71.1 Å². The maximum Gasteiger partial charge on any atom is 0.261 e. The molecule has 6 atom stereocenters. The molecule has 8 nitrogen and oxygen atoms in total. The molecule has 2 aliphatic carbocycles. The van der Waals surface area contributed by atoms with Gasteiger partial charge in [0.15, 0.2) is 45.0 Å². The van der Waals surface area contributed by atoms with Crippen molar-refractivity contribution >= 4 is 52.0 Å². The van der Waals surface area contributed by atoms with Gasteiger partial charge < -0.3 is 36.7 Å². The molecule has 0 radical (unpaired) electrons. The minimum absolute atomic E-state index is 0.00564. The van der Waals surface area contributed by atoms with E-state index in [9.17, 15) is 5.11 Å². The van der Waals surface area contributed by atoms with Crippen LogP contribution in [0.15, 0.2) is 96.6 Å². The molecule has 13 heteroatoms. The maximum absolute atomic E-state index is 14.4. The molecule has 0 unspecified atom stereocenters.